The summed E-state index contributed by atoms with van der Waals surface area (Å²) in [6.45, 7) is 5.39. The van der Waals surface area contributed by atoms with E-state index in [0.717, 1.165) is 19.4 Å². The summed E-state index contributed by atoms with van der Waals surface area (Å²) in [5.41, 5.74) is 3.59. The predicted octanol–water partition coefficient (Wildman–Crippen LogP) is 2.87. The molecule has 4 heteroatoms. The third-order valence-electron chi connectivity index (χ3n) is 4.39. The van der Waals surface area contributed by atoms with Crippen LogP contribution in [-0.2, 0) is 21.5 Å². The number of fused-ring (bicyclic) bond motifs is 3. The second kappa shape index (κ2) is 5.53. The molecule has 0 bridgehead atoms. The van der Waals surface area contributed by atoms with Crippen molar-refractivity contribution >= 4 is 16.9 Å². The van der Waals surface area contributed by atoms with Gasteiger partial charge in [-0.2, -0.15) is 0 Å². The van der Waals surface area contributed by atoms with Crippen LogP contribution in [0.5, 0.6) is 0 Å². The average Bonchev–Trinajstić information content (AvgIpc) is 2.87. The summed E-state index contributed by atoms with van der Waals surface area (Å²) in [6.07, 6.45) is 2.20. The second-order valence-electron chi connectivity index (χ2n) is 5.84. The standard InChI is InChI=1S/C17H22N2O2/c1-3-21-15(20)8-10-17(2)16-13(9-11-18-17)12-6-4-5-7-14(12)19-16/h4-7,18-19H,3,8-11H2,1-2H3. The smallest absolute Gasteiger partial charge is 0.305 e. The number of carbonyl (C=O) groups excluding carboxylic acids is 1. The number of ether oxygens (including phenoxy) is 1. The first-order valence-electron chi connectivity index (χ1n) is 7.65. The summed E-state index contributed by atoms with van der Waals surface area (Å²) in [5.74, 6) is -0.122. The Hall–Kier alpha value is -1.81. The van der Waals surface area contributed by atoms with E-state index in [4.69, 9.17) is 4.74 Å². The third-order valence-corrected chi connectivity index (χ3v) is 4.39. The van der Waals surface area contributed by atoms with Gasteiger partial charge in [0, 0.05) is 29.6 Å². The van der Waals surface area contributed by atoms with Crippen molar-refractivity contribution in [3.8, 4) is 0 Å². The van der Waals surface area contributed by atoms with Crippen LogP contribution in [0.1, 0.15) is 37.9 Å². The number of esters is 1. The fourth-order valence-electron chi connectivity index (χ4n) is 3.28. The van der Waals surface area contributed by atoms with Gasteiger partial charge in [0.25, 0.3) is 0 Å². The molecule has 1 atom stereocenters. The van der Waals surface area contributed by atoms with Crippen LogP contribution in [0.15, 0.2) is 24.3 Å². The highest BCUT2D eigenvalue weighted by molar-refractivity contribution is 5.85. The molecule has 4 nitrogen and oxygen atoms in total. The topological polar surface area (TPSA) is 54.1 Å². The van der Waals surface area contributed by atoms with E-state index in [1.54, 1.807) is 0 Å². The summed E-state index contributed by atoms with van der Waals surface area (Å²) in [7, 11) is 0. The Morgan fingerprint density at radius 1 is 1.38 bits per heavy atom. The van der Waals surface area contributed by atoms with Crippen molar-refractivity contribution in [3.05, 3.63) is 35.5 Å². The van der Waals surface area contributed by atoms with Crippen molar-refractivity contribution in [3.63, 3.8) is 0 Å². The van der Waals surface area contributed by atoms with Crippen LogP contribution < -0.4 is 5.32 Å². The normalized spacial score (nSPS) is 21.2. The fraction of sp³-hybridized carbons (Fsp3) is 0.471. The molecule has 21 heavy (non-hydrogen) atoms. The van der Waals surface area contributed by atoms with E-state index < -0.39 is 0 Å². The van der Waals surface area contributed by atoms with Gasteiger partial charge in [-0.1, -0.05) is 18.2 Å². The van der Waals surface area contributed by atoms with Gasteiger partial charge in [0.15, 0.2) is 0 Å². The van der Waals surface area contributed by atoms with Gasteiger partial charge >= 0.3 is 5.97 Å². The van der Waals surface area contributed by atoms with Gasteiger partial charge in [-0.05, 0) is 38.3 Å². The van der Waals surface area contributed by atoms with E-state index in [2.05, 4.69) is 35.4 Å². The maximum atomic E-state index is 11.7. The number of nitrogens with one attached hydrogen (secondary N) is 2. The monoisotopic (exact) mass is 286 g/mol. The summed E-state index contributed by atoms with van der Waals surface area (Å²) in [6, 6.07) is 8.41. The van der Waals surface area contributed by atoms with Crippen LogP contribution >= 0.6 is 0 Å². The van der Waals surface area contributed by atoms with Gasteiger partial charge in [0.1, 0.15) is 0 Å². The molecular formula is C17H22N2O2. The summed E-state index contributed by atoms with van der Waals surface area (Å²) < 4.78 is 5.05. The molecule has 0 radical (unpaired) electrons. The number of aromatic nitrogens is 1. The van der Waals surface area contributed by atoms with Gasteiger partial charge in [0.2, 0.25) is 0 Å². The van der Waals surface area contributed by atoms with Crippen molar-refractivity contribution in [2.24, 2.45) is 0 Å². The highest BCUT2D eigenvalue weighted by atomic mass is 16.5. The molecule has 0 saturated carbocycles. The van der Waals surface area contributed by atoms with Crippen molar-refractivity contribution in [2.75, 3.05) is 13.2 Å². The lowest BCUT2D eigenvalue weighted by Crippen LogP contribution is -2.45. The van der Waals surface area contributed by atoms with E-state index in [9.17, 15) is 4.79 Å². The molecule has 0 saturated heterocycles. The molecule has 1 unspecified atom stereocenters. The number of para-hydroxylation sites is 1. The Bertz CT molecular complexity index is 662. The molecule has 1 aromatic heterocycles. The molecule has 3 rings (SSSR count). The van der Waals surface area contributed by atoms with Gasteiger partial charge in [-0.25, -0.2) is 0 Å². The quantitative estimate of drug-likeness (QED) is 0.850. The van der Waals surface area contributed by atoms with Crippen LogP contribution in [0.2, 0.25) is 0 Å². The fourth-order valence-corrected chi connectivity index (χ4v) is 3.28. The number of hydrogen-bond donors (Lipinski definition) is 2. The Morgan fingerprint density at radius 2 is 2.19 bits per heavy atom. The number of aromatic amines is 1. The number of rotatable bonds is 4. The minimum Gasteiger partial charge on any atom is -0.466 e. The summed E-state index contributed by atoms with van der Waals surface area (Å²) in [4.78, 5) is 15.2. The number of H-pyrrole nitrogens is 1. The molecule has 112 valence electrons. The van der Waals surface area contributed by atoms with Crippen LogP contribution in [0, 0.1) is 0 Å². The van der Waals surface area contributed by atoms with Crippen LogP contribution in [0.3, 0.4) is 0 Å². The first-order valence-corrected chi connectivity index (χ1v) is 7.65. The van der Waals surface area contributed by atoms with Crippen LogP contribution in [0.25, 0.3) is 10.9 Å². The van der Waals surface area contributed by atoms with E-state index in [1.807, 2.05) is 13.0 Å². The Kier molecular flexibility index (Phi) is 3.72. The second-order valence-corrected chi connectivity index (χ2v) is 5.84. The molecule has 2 heterocycles. The van der Waals surface area contributed by atoms with Gasteiger partial charge < -0.3 is 15.0 Å². The van der Waals surface area contributed by atoms with E-state index in [0.29, 0.717) is 13.0 Å². The molecule has 0 aliphatic carbocycles. The molecule has 0 fully saturated rings. The minimum atomic E-state index is -0.195. The van der Waals surface area contributed by atoms with Gasteiger partial charge in [-0.3, -0.25) is 4.79 Å². The summed E-state index contributed by atoms with van der Waals surface area (Å²) >= 11 is 0. The lowest BCUT2D eigenvalue weighted by Gasteiger charge is -2.35. The highest BCUT2D eigenvalue weighted by Gasteiger charge is 2.34. The molecule has 0 spiro atoms. The zero-order valence-electron chi connectivity index (χ0n) is 12.7. The average molecular weight is 286 g/mol. The predicted molar refractivity (Wildman–Crippen MR) is 83.2 cm³/mol. The van der Waals surface area contributed by atoms with Crippen molar-refractivity contribution < 1.29 is 9.53 Å². The van der Waals surface area contributed by atoms with Crippen molar-refractivity contribution in [1.82, 2.24) is 10.3 Å². The molecule has 1 aliphatic heterocycles. The van der Waals surface area contributed by atoms with Crippen molar-refractivity contribution in [2.45, 2.75) is 38.6 Å². The Morgan fingerprint density at radius 3 is 3.00 bits per heavy atom. The summed E-state index contributed by atoms with van der Waals surface area (Å²) in [5, 5.41) is 4.87. The molecule has 0 amide bonds. The number of benzene rings is 1. The van der Waals surface area contributed by atoms with E-state index >= 15 is 0 Å². The largest absolute Gasteiger partial charge is 0.466 e. The molecule has 2 aromatic rings. The Balaban J connectivity index is 1.90. The minimum absolute atomic E-state index is 0.122. The zero-order valence-corrected chi connectivity index (χ0v) is 12.7. The van der Waals surface area contributed by atoms with Gasteiger partial charge in [-0.15, -0.1) is 0 Å². The lowest BCUT2D eigenvalue weighted by atomic mass is 9.85. The molecule has 1 aromatic carbocycles. The van der Waals surface area contributed by atoms with E-state index in [1.165, 1.54) is 22.2 Å². The van der Waals surface area contributed by atoms with Crippen molar-refractivity contribution in [1.29, 1.82) is 0 Å². The maximum absolute atomic E-state index is 11.7. The molecule has 1 aliphatic rings. The number of carbonyl (C=O) groups is 1. The van der Waals surface area contributed by atoms with Gasteiger partial charge in [0.05, 0.1) is 12.1 Å². The van der Waals surface area contributed by atoms with E-state index in [-0.39, 0.29) is 11.5 Å². The molecule has 2 N–H and O–H groups in total. The SMILES string of the molecule is CCOC(=O)CCC1(C)NCCc2c1[nH]c1ccccc21. The first-order chi connectivity index (χ1) is 10.1. The van der Waals surface area contributed by atoms with Crippen LogP contribution in [-0.4, -0.2) is 24.1 Å². The Labute approximate surface area is 124 Å². The highest BCUT2D eigenvalue weighted by Crippen LogP contribution is 2.36. The zero-order chi connectivity index (χ0) is 14.9. The third kappa shape index (κ3) is 2.56. The van der Waals surface area contributed by atoms with Crippen LogP contribution in [0.4, 0.5) is 0 Å². The lowest BCUT2D eigenvalue weighted by molar-refractivity contribution is -0.143. The maximum Gasteiger partial charge on any atom is 0.305 e. The number of hydrogen-bond acceptors (Lipinski definition) is 3. The first kappa shape index (κ1) is 14.1. The molecular weight excluding hydrogens is 264 g/mol.